The van der Waals surface area contributed by atoms with E-state index >= 15 is 0 Å². The molecule has 1 saturated heterocycles. The first-order valence-electron chi connectivity index (χ1n) is 6.52. The van der Waals surface area contributed by atoms with Crippen LogP contribution in [0.3, 0.4) is 0 Å². The fourth-order valence-corrected chi connectivity index (χ4v) is 2.62. The zero-order valence-electron chi connectivity index (χ0n) is 10.8. The number of carbonyl (C=O) groups excluding carboxylic acids is 1. The van der Waals surface area contributed by atoms with Crippen molar-refractivity contribution in [2.75, 3.05) is 13.1 Å². The minimum Gasteiger partial charge on any atom is -0.300 e. The van der Waals surface area contributed by atoms with Gasteiger partial charge < -0.3 is 0 Å². The predicted octanol–water partition coefficient (Wildman–Crippen LogP) is 1.24. The van der Waals surface area contributed by atoms with Gasteiger partial charge in [-0.2, -0.15) is 0 Å². The summed E-state index contributed by atoms with van der Waals surface area (Å²) in [5.41, 5.74) is 3.31. The molecule has 0 aliphatic carbocycles. The van der Waals surface area contributed by atoms with Crippen LogP contribution in [-0.4, -0.2) is 29.9 Å². The van der Waals surface area contributed by atoms with Gasteiger partial charge in [-0.3, -0.25) is 15.1 Å². The summed E-state index contributed by atoms with van der Waals surface area (Å²) in [6, 6.07) is 10.4. The van der Waals surface area contributed by atoms with Crippen molar-refractivity contribution in [3.63, 3.8) is 0 Å². The van der Waals surface area contributed by atoms with E-state index in [0.717, 1.165) is 18.7 Å². The summed E-state index contributed by atoms with van der Waals surface area (Å²) < 4.78 is 0. The number of carbonyl (C=O) groups is 1. The average molecular weight is 247 g/mol. The van der Waals surface area contributed by atoms with Crippen molar-refractivity contribution in [3.8, 4) is 0 Å². The molecule has 1 fully saturated rings. The highest BCUT2D eigenvalue weighted by atomic mass is 16.2. The zero-order valence-corrected chi connectivity index (χ0v) is 10.8. The van der Waals surface area contributed by atoms with Gasteiger partial charge in [-0.25, -0.2) is 5.84 Å². The van der Waals surface area contributed by atoms with E-state index in [-0.39, 0.29) is 11.8 Å². The van der Waals surface area contributed by atoms with E-state index in [0.29, 0.717) is 6.04 Å². The lowest BCUT2D eigenvalue weighted by atomic mass is 9.97. The Balaban J connectivity index is 2.13. The molecular formula is C14H21N3O. The van der Waals surface area contributed by atoms with Crippen LogP contribution in [0.5, 0.6) is 0 Å². The fourth-order valence-electron chi connectivity index (χ4n) is 2.62. The molecule has 1 aliphatic rings. The second kappa shape index (κ2) is 5.98. The Morgan fingerprint density at radius 1 is 1.50 bits per heavy atom. The molecule has 4 heteroatoms. The summed E-state index contributed by atoms with van der Waals surface area (Å²) in [4.78, 5) is 14.3. The molecule has 2 atom stereocenters. The zero-order chi connectivity index (χ0) is 13.0. The highest BCUT2D eigenvalue weighted by molar-refractivity contribution is 5.83. The highest BCUT2D eigenvalue weighted by Gasteiger charge is 2.27. The van der Waals surface area contributed by atoms with Gasteiger partial charge in [0, 0.05) is 12.6 Å². The van der Waals surface area contributed by atoms with E-state index in [4.69, 9.17) is 5.84 Å². The van der Waals surface area contributed by atoms with Crippen LogP contribution in [-0.2, 0) is 4.79 Å². The van der Waals surface area contributed by atoms with Crippen LogP contribution in [0.1, 0.15) is 31.2 Å². The lowest BCUT2D eigenvalue weighted by Crippen LogP contribution is -2.41. The molecule has 2 unspecified atom stereocenters. The Morgan fingerprint density at radius 2 is 2.22 bits per heavy atom. The van der Waals surface area contributed by atoms with Crippen LogP contribution in [0.4, 0.5) is 0 Å². The van der Waals surface area contributed by atoms with Crippen LogP contribution >= 0.6 is 0 Å². The number of hydrogen-bond donors (Lipinski definition) is 2. The molecule has 1 aliphatic heterocycles. The van der Waals surface area contributed by atoms with Crippen LogP contribution < -0.4 is 11.3 Å². The number of likely N-dealkylation sites (tertiary alicyclic amines) is 1. The molecule has 0 radical (unpaired) electrons. The normalized spacial score (nSPS) is 21.8. The largest absolute Gasteiger partial charge is 0.300 e. The van der Waals surface area contributed by atoms with Crippen molar-refractivity contribution in [1.29, 1.82) is 0 Å². The van der Waals surface area contributed by atoms with E-state index in [1.807, 2.05) is 30.3 Å². The van der Waals surface area contributed by atoms with Gasteiger partial charge in [-0.05, 0) is 31.9 Å². The van der Waals surface area contributed by atoms with Gasteiger partial charge in [0.1, 0.15) is 0 Å². The van der Waals surface area contributed by atoms with Crippen molar-refractivity contribution in [3.05, 3.63) is 35.9 Å². The highest BCUT2D eigenvalue weighted by Crippen LogP contribution is 2.23. The molecule has 4 nitrogen and oxygen atoms in total. The Kier molecular flexibility index (Phi) is 4.33. The summed E-state index contributed by atoms with van der Waals surface area (Å²) in [5, 5.41) is 0. The van der Waals surface area contributed by atoms with E-state index in [2.05, 4.69) is 17.2 Å². The van der Waals surface area contributed by atoms with Crippen LogP contribution in [0.2, 0.25) is 0 Å². The van der Waals surface area contributed by atoms with Gasteiger partial charge in [0.25, 0.3) is 0 Å². The van der Waals surface area contributed by atoms with Gasteiger partial charge >= 0.3 is 0 Å². The molecule has 98 valence electrons. The van der Waals surface area contributed by atoms with Crippen molar-refractivity contribution in [1.82, 2.24) is 10.3 Å². The Labute approximate surface area is 108 Å². The first kappa shape index (κ1) is 13.1. The quantitative estimate of drug-likeness (QED) is 0.478. The summed E-state index contributed by atoms with van der Waals surface area (Å²) in [6.45, 7) is 4.03. The van der Waals surface area contributed by atoms with Gasteiger partial charge in [-0.15, -0.1) is 0 Å². The third kappa shape index (κ3) is 2.89. The minimum atomic E-state index is -0.184. The molecule has 18 heavy (non-hydrogen) atoms. The number of amides is 1. The molecule has 2 rings (SSSR count). The van der Waals surface area contributed by atoms with Crippen molar-refractivity contribution in [2.24, 2.45) is 5.84 Å². The average Bonchev–Trinajstić information content (AvgIpc) is 2.81. The number of hydrogen-bond acceptors (Lipinski definition) is 3. The van der Waals surface area contributed by atoms with E-state index < -0.39 is 0 Å². The minimum absolute atomic E-state index is 0.111. The molecule has 1 heterocycles. The topological polar surface area (TPSA) is 58.4 Å². The van der Waals surface area contributed by atoms with Crippen molar-refractivity contribution in [2.45, 2.75) is 31.7 Å². The standard InChI is InChI=1S/C14H21N3O/c1-11-6-5-9-17(11)10-13(14(18)16-15)12-7-3-2-4-8-12/h2-4,7-8,11,13H,5-6,9-10,15H2,1H3,(H,16,18). The number of nitrogens with zero attached hydrogens (tertiary/aromatic N) is 1. The Hall–Kier alpha value is -1.39. The lowest BCUT2D eigenvalue weighted by molar-refractivity contribution is -0.123. The van der Waals surface area contributed by atoms with Gasteiger partial charge in [-0.1, -0.05) is 30.3 Å². The van der Waals surface area contributed by atoms with E-state index in [1.165, 1.54) is 12.8 Å². The summed E-state index contributed by atoms with van der Waals surface area (Å²) in [5.74, 6) is 5.01. The molecule has 3 N–H and O–H groups in total. The lowest BCUT2D eigenvalue weighted by Gasteiger charge is -2.26. The first-order valence-corrected chi connectivity index (χ1v) is 6.52. The maximum absolute atomic E-state index is 11.9. The molecule has 0 spiro atoms. The fraction of sp³-hybridized carbons (Fsp3) is 0.500. The van der Waals surface area contributed by atoms with Crippen molar-refractivity contribution >= 4 is 5.91 Å². The number of benzene rings is 1. The third-order valence-electron chi connectivity index (χ3n) is 3.77. The maximum Gasteiger partial charge on any atom is 0.242 e. The predicted molar refractivity (Wildman–Crippen MR) is 71.8 cm³/mol. The molecular weight excluding hydrogens is 226 g/mol. The Morgan fingerprint density at radius 3 is 2.78 bits per heavy atom. The van der Waals surface area contributed by atoms with Crippen LogP contribution in [0, 0.1) is 0 Å². The number of nitrogens with two attached hydrogens (primary N) is 1. The molecule has 1 aromatic carbocycles. The second-order valence-corrected chi connectivity index (χ2v) is 4.96. The molecule has 0 aromatic heterocycles. The smallest absolute Gasteiger partial charge is 0.242 e. The Bertz CT molecular complexity index is 393. The van der Waals surface area contributed by atoms with E-state index in [9.17, 15) is 4.79 Å². The maximum atomic E-state index is 11.9. The number of nitrogens with one attached hydrogen (secondary N) is 1. The van der Waals surface area contributed by atoms with Gasteiger partial charge in [0.2, 0.25) is 5.91 Å². The monoisotopic (exact) mass is 247 g/mol. The number of hydrazine groups is 1. The van der Waals surface area contributed by atoms with Crippen LogP contribution in [0.15, 0.2) is 30.3 Å². The summed E-state index contributed by atoms with van der Waals surface area (Å²) in [7, 11) is 0. The second-order valence-electron chi connectivity index (χ2n) is 4.96. The molecule has 1 aromatic rings. The summed E-state index contributed by atoms with van der Waals surface area (Å²) >= 11 is 0. The van der Waals surface area contributed by atoms with Gasteiger partial charge in [0.05, 0.1) is 5.92 Å². The van der Waals surface area contributed by atoms with E-state index in [1.54, 1.807) is 0 Å². The van der Waals surface area contributed by atoms with Gasteiger partial charge in [0.15, 0.2) is 0 Å². The molecule has 0 saturated carbocycles. The van der Waals surface area contributed by atoms with Crippen molar-refractivity contribution < 1.29 is 4.79 Å². The summed E-state index contributed by atoms with van der Waals surface area (Å²) in [6.07, 6.45) is 2.43. The molecule has 1 amide bonds. The SMILES string of the molecule is CC1CCCN1CC(C(=O)NN)c1ccccc1. The number of rotatable bonds is 4. The molecule has 0 bridgehead atoms. The van der Waals surface area contributed by atoms with Crippen LogP contribution in [0.25, 0.3) is 0 Å². The third-order valence-corrected chi connectivity index (χ3v) is 3.77. The first-order chi connectivity index (χ1) is 8.72.